The summed E-state index contributed by atoms with van der Waals surface area (Å²) >= 11 is 6.15. The van der Waals surface area contributed by atoms with Gasteiger partial charge in [-0.1, -0.05) is 63.1 Å². The number of benzene rings is 1. The Morgan fingerprint density at radius 3 is 2.45 bits per heavy atom. The second kappa shape index (κ2) is 13.3. The van der Waals surface area contributed by atoms with E-state index in [4.69, 9.17) is 16.6 Å². The Hall–Kier alpha value is -2.20. The van der Waals surface area contributed by atoms with Crippen molar-refractivity contribution in [3.05, 3.63) is 71.4 Å². The Morgan fingerprint density at radius 2 is 1.90 bits per heavy atom. The number of halogens is 1. The zero-order chi connectivity index (χ0) is 22.6. The highest BCUT2D eigenvalue weighted by Crippen LogP contribution is 2.33. The Balaban J connectivity index is 2.55. The van der Waals surface area contributed by atoms with Gasteiger partial charge in [0, 0.05) is 36.9 Å². The Labute approximate surface area is 194 Å². The van der Waals surface area contributed by atoms with Gasteiger partial charge in [-0.2, -0.15) is 0 Å². The summed E-state index contributed by atoms with van der Waals surface area (Å²) < 4.78 is 0. The summed E-state index contributed by atoms with van der Waals surface area (Å²) in [5.74, 6) is 0.804. The molecule has 0 aromatic heterocycles. The molecular formula is C26H39ClN4. The van der Waals surface area contributed by atoms with Crippen LogP contribution in [0.25, 0.3) is 0 Å². The predicted molar refractivity (Wildman–Crippen MR) is 135 cm³/mol. The maximum absolute atomic E-state index is 6.15. The third-order valence-electron chi connectivity index (χ3n) is 5.86. The molecule has 0 heterocycles. The fourth-order valence-corrected chi connectivity index (χ4v) is 4.33. The number of hydrogen-bond acceptors (Lipinski definition) is 4. The topological polar surface area (TPSA) is 30.9 Å². The van der Waals surface area contributed by atoms with Gasteiger partial charge in [0.05, 0.1) is 5.70 Å². The molecule has 0 amide bonds. The Bertz CT molecular complexity index is 760. The minimum atomic E-state index is 0.459. The van der Waals surface area contributed by atoms with E-state index in [0.717, 1.165) is 54.7 Å². The highest BCUT2D eigenvalue weighted by Gasteiger charge is 2.29. The molecule has 0 aliphatic heterocycles. The van der Waals surface area contributed by atoms with Crippen LogP contribution in [0.2, 0.25) is 5.02 Å². The smallest absolute Gasteiger partial charge is 0.155 e. The van der Waals surface area contributed by atoms with Gasteiger partial charge < -0.3 is 15.1 Å². The van der Waals surface area contributed by atoms with E-state index in [1.165, 1.54) is 31.2 Å². The number of nitrogens with zero attached hydrogens (tertiary/aromatic N) is 3. The summed E-state index contributed by atoms with van der Waals surface area (Å²) in [5, 5.41) is 4.06. The monoisotopic (exact) mass is 442 g/mol. The van der Waals surface area contributed by atoms with Crippen molar-refractivity contribution in [3.63, 3.8) is 0 Å². The number of unbranched alkanes of at least 4 members (excludes halogenated alkanes) is 1. The Morgan fingerprint density at radius 1 is 1.23 bits per heavy atom. The fourth-order valence-electron chi connectivity index (χ4n) is 4.21. The molecule has 170 valence electrons. The molecule has 1 aliphatic carbocycles. The standard InChI is InChI=1S/C26H39ClN4/c1-6-10-19-30(9-4)21(5)25(26(28-7-2)29-8-3)31(24-13-11-12-14-24)20-22-15-17-23(27)18-16-22/h7-8,15-18,24,28H,2,5-6,9-14,19-20H2,1,3-4H3/b26-25-,29-8?. The van der Waals surface area contributed by atoms with Crippen molar-refractivity contribution in [1.29, 1.82) is 0 Å². The molecule has 1 aromatic carbocycles. The second-order valence-corrected chi connectivity index (χ2v) is 8.44. The van der Waals surface area contributed by atoms with Crippen molar-refractivity contribution in [2.45, 2.75) is 71.9 Å². The molecule has 1 saturated carbocycles. The first-order chi connectivity index (χ1) is 15.0. The van der Waals surface area contributed by atoms with Crippen LogP contribution in [0.3, 0.4) is 0 Å². The molecule has 1 aromatic rings. The molecular weight excluding hydrogens is 404 g/mol. The average Bonchev–Trinajstić information content (AvgIpc) is 3.30. The third kappa shape index (κ3) is 7.17. The average molecular weight is 443 g/mol. The van der Waals surface area contributed by atoms with Crippen molar-refractivity contribution in [3.8, 4) is 0 Å². The van der Waals surface area contributed by atoms with E-state index >= 15 is 0 Å². The fraction of sp³-hybridized carbons (Fsp3) is 0.500. The summed E-state index contributed by atoms with van der Waals surface area (Å²) in [6, 6.07) is 8.62. The van der Waals surface area contributed by atoms with Gasteiger partial charge in [-0.05, 0) is 57.0 Å². The lowest BCUT2D eigenvalue weighted by molar-refractivity contribution is 0.228. The van der Waals surface area contributed by atoms with Gasteiger partial charge in [-0.15, -0.1) is 0 Å². The molecule has 0 unspecified atom stereocenters. The molecule has 0 saturated heterocycles. The molecule has 4 nitrogen and oxygen atoms in total. The molecule has 1 aliphatic rings. The summed E-state index contributed by atoms with van der Waals surface area (Å²) in [4.78, 5) is 9.58. The highest BCUT2D eigenvalue weighted by molar-refractivity contribution is 6.30. The molecule has 31 heavy (non-hydrogen) atoms. The van der Waals surface area contributed by atoms with E-state index in [1.807, 2.05) is 25.3 Å². The highest BCUT2D eigenvalue weighted by atomic mass is 35.5. The normalized spacial score (nSPS) is 15.1. The predicted octanol–water partition coefficient (Wildman–Crippen LogP) is 6.71. The minimum Gasteiger partial charge on any atom is -0.371 e. The van der Waals surface area contributed by atoms with Crippen LogP contribution < -0.4 is 5.32 Å². The second-order valence-electron chi connectivity index (χ2n) is 8.01. The maximum Gasteiger partial charge on any atom is 0.155 e. The van der Waals surface area contributed by atoms with E-state index in [2.05, 4.69) is 54.3 Å². The maximum atomic E-state index is 6.15. The number of likely N-dealkylation sites (N-methyl/N-ethyl adjacent to an activating group) is 1. The third-order valence-corrected chi connectivity index (χ3v) is 6.11. The summed E-state index contributed by atoms with van der Waals surface area (Å²) in [5.41, 5.74) is 3.32. The van der Waals surface area contributed by atoms with Gasteiger partial charge in [-0.25, -0.2) is 4.99 Å². The summed E-state index contributed by atoms with van der Waals surface area (Å²) in [7, 11) is 0. The SMILES string of the molecule is C=CN/C(N=CC)=C(\C(=C)N(CC)CCCC)N(Cc1ccc(Cl)cc1)C1CCCC1. The lowest BCUT2D eigenvalue weighted by Gasteiger charge is -2.38. The van der Waals surface area contributed by atoms with Gasteiger partial charge in [0.25, 0.3) is 0 Å². The first kappa shape index (κ1) is 25.1. The van der Waals surface area contributed by atoms with E-state index in [9.17, 15) is 0 Å². The molecule has 0 spiro atoms. The van der Waals surface area contributed by atoms with Gasteiger partial charge in [0.2, 0.25) is 0 Å². The molecule has 0 atom stereocenters. The lowest BCUT2D eigenvalue weighted by atomic mass is 10.1. The van der Waals surface area contributed by atoms with E-state index in [1.54, 1.807) is 6.20 Å². The first-order valence-electron chi connectivity index (χ1n) is 11.6. The molecule has 0 bridgehead atoms. The summed E-state index contributed by atoms with van der Waals surface area (Å²) in [6.07, 6.45) is 10.7. The van der Waals surface area contributed by atoms with Crippen LogP contribution in [0.15, 0.2) is 65.8 Å². The first-order valence-corrected chi connectivity index (χ1v) is 12.0. The van der Waals surface area contributed by atoms with Crippen LogP contribution in [0.5, 0.6) is 0 Å². The number of rotatable bonds is 13. The van der Waals surface area contributed by atoms with Crippen LogP contribution in [0.1, 0.15) is 64.9 Å². The van der Waals surface area contributed by atoms with E-state index in [0.29, 0.717) is 6.04 Å². The zero-order valence-electron chi connectivity index (χ0n) is 19.5. The van der Waals surface area contributed by atoms with Crippen LogP contribution in [-0.4, -0.2) is 35.1 Å². The van der Waals surface area contributed by atoms with E-state index < -0.39 is 0 Å². The number of nitrogens with one attached hydrogen (secondary N) is 1. The van der Waals surface area contributed by atoms with Gasteiger partial charge in [0.1, 0.15) is 5.70 Å². The molecule has 1 N–H and O–H groups in total. The molecule has 0 radical (unpaired) electrons. The van der Waals surface area contributed by atoms with Crippen LogP contribution in [-0.2, 0) is 6.54 Å². The van der Waals surface area contributed by atoms with Gasteiger partial charge in [-0.3, -0.25) is 0 Å². The number of hydrogen-bond donors (Lipinski definition) is 1. The van der Waals surface area contributed by atoms with Crippen LogP contribution >= 0.6 is 11.6 Å². The van der Waals surface area contributed by atoms with Crippen LogP contribution in [0.4, 0.5) is 0 Å². The van der Waals surface area contributed by atoms with Crippen molar-refractivity contribution >= 4 is 17.8 Å². The zero-order valence-corrected chi connectivity index (χ0v) is 20.3. The Kier molecular flexibility index (Phi) is 10.7. The minimum absolute atomic E-state index is 0.459. The van der Waals surface area contributed by atoms with Gasteiger partial charge in [0.15, 0.2) is 5.82 Å². The largest absolute Gasteiger partial charge is 0.371 e. The van der Waals surface area contributed by atoms with Crippen molar-refractivity contribution in [2.75, 3.05) is 13.1 Å². The lowest BCUT2D eigenvalue weighted by Crippen LogP contribution is -2.38. The van der Waals surface area contributed by atoms with E-state index in [-0.39, 0.29) is 0 Å². The van der Waals surface area contributed by atoms with Gasteiger partial charge >= 0.3 is 0 Å². The quantitative estimate of drug-likeness (QED) is 0.272. The summed E-state index contributed by atoms with van der Waals surface area (Å²) in [6.45, 7) is 17.5. The van der Waals surface area contributed by atoms with Crippen LogP contribution in [0, 0.1) is 0 Å². The van der Waals surface area contributed by atoms with Crippen molar-refractivity contribution in [2.24, 2.45) is 4.99 Å². The molecule has 2 rings (SSSR count). The molecule has 5 heteroatoms. The molecule has 1 fully saturated rings. The number of aliphatic imine (C=N–C) groups is 1. The van der Waals surface area contributed by atoms with Crippen molar-refractivity contribution in [1.82, 2.24) is 15.1 Å². The van der Waals surface area contributed by atoms with Crippen molar-refractivity contribution < 1.29 is 0 Å².